The smallest absolute Gasteiger partial charge is 0.226 e. The van der Waals surface area contributed by atoms with E-state index in [1.54, 1.807) is 4.90 Å². The van der Waals surface area contributed by atoms with Crippen LogP contribution in [0.25, 0.3) is 10.9 Å². The predicted molar refractivity (Wildman–Crippen MR) is 97.1 cm³/mol. The van der Waals surface area contributed by atoms with E-state index in [2.05, 4.69) is 29.2 Å². The third-order valence-electron chi connectivity index (χ3n) is 5.43. The van der Waals surface area contributed by atoms with E-state index in [1.165, 1.54) is 0 Å². The molecule has 0 saturated carbocycles. The highest BCUT2D eigenvalue weighted by atomic mass is 16.5. The Morgan fingerprint density at radius 3 is 2.96 bits per heavy atom. The van der Waals surface area contributed by atoms with Crippen molar-refractivity contribution in [1.82, 2.24) is 14.8 Å². The van der Waals surface area contributed by atoms with Gasteiger partial charge in [-0.25, -0.2) is 0 Å². The number of benzene rings is 1. The fourth-order valence-electron chi connectivity index (χ4n) is 4.18. The molecule has 0 unspecified atom stereocenters. The molecule has 0 aliphatic carbocycles. The standard InChI is InChI=1S/C20H25N3O2/c1-22(2)20(24)15-11-19-18(9-10-25-19)23(12-15)13-16-8-7-14-5-3-4-6-17(14)21-16/h3-8,15,18-19H,9-13H2,1-2H3/t15-,18-,19-/m0/s1. The number of aromatic nitrogens is 1. The molecule has 2 fully saturated rings. The van der Waals surface area contributed by atoms with Gasteiger partial charge in [0.1, 0.15) is 0 Å². The minimum absolute atomic E-state index is 0.00908. The molecule has 2 saturated heterocycles. The summed E-state index contributed by atoms with van der Waals surface area (Å²) >= 11 is 0. The minimum Gasteiger partial charge on any atom is -0.377 e. The van der Waals surface area contributed by atoms with Gasteiger partial charge in [0.05, 0.1) is 23.2 Å². The van der Waals surface area contributed by atoms with Crippen LogP contribution in [0.1, 0.15) is 18.5 Å². The molecule has 0 bridgehead atoms. The number of hydrogen-bond acceptors (Lipinski definition) is 4. The second kappa shape index (κ2) is 6.73. The molecular formula is C20H25N3O2. The van der Waals surface area contributed by atoms with Gasteiger partial charge < -0.3 is 9.64 Å². The average Bonchev–Trinajstić information content (AvgIpc) is 3.09. The normalized spacial score (nSPS) is 26.6. The van der Waals surface area contributed by atoms with E-state index in [0.29, 0.717) is 6.04 Å². The van der Waals surface area contributed by atoms with Gasteiger partial charge in [-0.1, -0.05) is 24.3 Å². The van der Waals surface area contributed by atoms with Crippen LogP contribution in [0.2, 0.25) is 0 Å². The lowest BCUT2D eigenvalue weighted by molar-refractivity contribution is -0.137. The van der Waals surface area contributed by atoms with E-state index in [1.807, 2.05) is 26.2 Å². The Labute approximate surface area is 148 Å². The summed E-state index contributed by atoms with van der Waals surface area (Å²) in [5, 5.41) is 1.16. The minimum atomic E-state index is 0.00908. The number of rotatable bonds is 3. The first-order valence-corrected chi connectivity index (χ1v) is 9.03. The molecule has 2 aliphatic rings. The lowest BCUT2D eigenvalue weighted by Crippen LogP contribution is -2.52. The second-order valence-corrected chi connectivity index (χ2v) is 7.36. The molecule has 3 atom stereocenters. The number of hydrogen-bond donors (Lipinski definition) is 0. The number of piperidine rings is 1. The van der Waals surface area contributed by atoms with Crippen molar-refractivity contribution < 1.29 is 9.53 Å². The zero-order valence-electron chi connectivity index (χ0n) is 14.9. The Morgan fingerprint density at radius 2 is 2.12 bits per heavy atom. The third-order valence-corrected chi connectivity index (χ3v) is 5.43. The molecule has 2 aromatic rings. The average molecular weight is 339 g/mol. The maximum atomic E-state index is 12.5. The number of para-hydroxylation sites is 1. The molecule has 2 aliphatic heterocycles. The second-order valence-electron chi connectivity index (χ2n) is 7.36. The fraction of sp³-hybridized carbons (Fsp3) is 0.500. The molecule has 1 aromatic heterocycles. The monoisotopic (exact) mass is 339 g/mol. The SMILES string of the molecule is CN(C)C(=O)[C@H]1C[C@@H]2OCC[C@@H]2N(Cc2ccc3ccccc3n2)C1. The lowest BCUT2D eigenvalue weighted by Gasteiger charge is -2.40. The van der Waals surface area contributed by atoms with Crippen LogP contribution < -0.4 is 0 Å². The molecule has 4 rings (SSSR count). The van der Waals surface area contributed by atoms with E-state index in [9.17, 15) is 4.79 Å². The lowest BCUT2D eigenvalue weighted by atomic mass is 9.89. The first-order valence-electron chi connectivity index (χ1n) is 9.03. The number of amides is 1. The van der Waals surface area contributed by atoms with Crippen molar-refractivity contribution in [3.05, 3.63) is 42.1 Å². The van der Waals surface area contributed by atoms with Crippen LogP contribution in [0, 0.1) is 5.92 Å². The van der Waals surface area contributed by atoms with E-state index >= 15 is 0 Å². The van der Waals surface area contributed by atoms with Gasteiger partial charge in [0.2, 0.25) is 5.91 Å². The predicted octanol–water partition coefficient (Wildman–Crippen LogP) is 2.30. The summed E-state index contributed by atoms with van der Waals surface area (Å²) in [6, 6.07) is 12.8. The molecule has 3 heterocycles. The maximum absolute atomic E-state index is 12.5. The first-order chi connectivity index (χ1) is 12.1. The molecule has 1 amide bonds. The van der Waals surface area contributed by atoms with Crippen LogP contribution in [0.3, 0.4) is 0 Å². The number of likely N-dealkylation sites (tertiary alicyclic amines) is 1. The third kappa shape index (κ3) is 3.26. The van der Waals surface area contributed by atoms with Crippen LogP contribution in [0.4, 0.5) is 0 Å². The zero-order valence-corrected chi connectivity index (χ0v) is 14.9. The van der Waals surface area contributed by atoms with Gasteiger partial charge >= 0.3 is 0 Å². The largest absolute Gasteiger partial charge is 0.377 e. The quantitative estimate of drug-likeness (QED) is 0.861. The number of carbonyl (C=O) groups excluding carboxylic acids is 1. The van der Waals surface area contributed by atoms with Crippen LogP contribution in [-0.2, 0) is 16.1 Å². The van der Waals surface area contributed by atoms with Gasteiger partial charge in [0.25, 0.3) is 0 Å². The summed E-state index contributed by atoms with van der Waals surface area (Å²) in [6.07, 6.45) is 2.05. The number of carbonyl (C=O) groups is 1. The Hall–Kier alpha value is -1.98. The molecule has 0 radical (unpaired) electrons. The molecule has 5 heteroatoms. The van der Waals surface area contributed by atoms with Gasteiger partial charge in [-0.2, -0.15) is 0 Å². The van der Waals surface area contributed by atoms with Gasteiger partial charge in [0, 0.05) is 45.2 Å². The fourth-order valence-corrected chi connectivity index (χ4v) is 4.18. The highest BCUT2D eigenvalue weighted by Crippen LogP contribution is 2.33. The van der Waals surface area contributed by atoms with Crippen molar-refractivity contribution in [3.8, 4) is 0 Å². The number of nitrogens with zero attached hydrogens (tertiary/aromatic N) is 3. The molecule has 5 nitrogen and oxygen atoms in total. The van der Waals surface area contributed by atoms with E-state index in [-0.39, 0.29) is 17.9 Å². The Bertz CT molecular complexity index is 776. The van der Waals surface area contributed by atoms with Crippen molar-refractivity contribution in [2.75, 3.05) is 27.2 Å². The summed E-state index contributed by atoms with van der Waals surface area (Å²) in [5.41, 5.74) is 2.08. The Morgan fingerprint density at radius 1 is 1.28 bits per heavy atom. The topological polar surface area (TPSA) is 45.7 Å². The maximum Gasteiger partial charge on any atom is 0.226 e. The highest BCUT2D eigenvalue weighted by molar-refractivity contribution is 5.79. The van der Waals surface area contributed by atoms with E-state index in [0.717, 1.165) is 49.1 Å². The summed E-state index contributed by atoms with van der Waals surface area (Å²) in [4.78, 5) is 21.4. The van der Waals surface area contributed by atoms with Crippen LogP contribution in [0.5, 0.6) is 0 Å². The molecule has 0 N–H and O–H groups in total. The zero-order chi connectivity index (χ0) is 17.4. The summed E-state index contributed by atoms with van der Waals surface area (Å²) < 4.78 is 5.92. The Balaban J connectivity index is 1.56. The van der Waals surface area contributed by atoms with Crippen molar-refractivity contribution in [2.45, 2.75) is 31.5 Å². The van der Waals surface area contributed by atoms with Crippen LogP contribution in [0.15, 0.2) is 36.4 Å². The van der Waals surface area contributed by atoms with Crippen LogP contribution >= 0.6 is 0 Å². The van der Waals surface area contributed by atoms with Gasteiger partial charge in [-0.05, 0) is 25.0 Å². The molecule has 1 aromatic carbocycles. The molecule has 25 heavy (non-hydrogen) atoms. The van der Waals surface area contributed by atoms with E-state index < -0.39 is 0 Å². The van der Waals surface area contributed by atoms with Gasteiger partial charge in [-0.15, -0.1) is 0 Å². The summed E-state index contributed by atoms with van der Waals surface area (Å²) in [6.45, 7) is 2.35. The molecular weight excluding hydrogens is 314 g/mol. The van der Waals surface area contributed by atoms with Gasteiger partial charge in [0.15, 0.2) is 0 Å². The van der Waals surface area contributed by atoms with Gasteiger partial charge in [-0.3, -0.25) is 14.7 Å². The number of pyridine rings is 1. The van der Waals surface area contributed by atoms with Crippen molar-refractivity contribution in [2.24, 2.45) is 5.92 Å². The van der Waals surface area contributed by atoms with Crippen LogP contribution in [-0.4, -0.2) is 60.1 Å². The van der Waals surface area contributed by atoms with Crippen molar-refractivity contribution in [3.63, 3.8) is 0 Å². The van der Waals surface area contributed by atoms with E-state index in [4.69, 9.17) is 9.72 Å². The van der Waals surface area contributed by atoms with Crippen molar-refractivity contribution >= 4 is 16.8 Å². The molecule has 0 spiro atoms. The molecule has 132 valence electrons. The summed E-state index contributed by atoms with van der Waals surface area (Å²) in [7, 11) is 3.66. The number of ether oxygens (including phenoxy) is 1. The summed E-state index contributed by atoms with van der Waals surface area (Å²) in [5.74, 6) is 0.209. The highest BCUT2D eigenvalue weighted by Gasteiger charge is 2.42. The van der Waals surface area contributed by atoms with Crippen molar-refractivity contribution in [1.29, 1.82) is 0 Å². The first kappa shape index (κ1) is 16.5. The number of fused-ring (bicyclic) bond motifs is 2. The Kier molecular flexibility index (Phi) is 4.44.